The molecule has 0 heterocycles. The van der Waals surface area contributed by atoms with Crippen LogP contribution in [-0.4, -0.2) is 70.3 Å². The van der Waals surface area contributed by atoms with Crippen LogP contribution in [0.25, 0.3) is 0 Å². The van der Waals surface area contributed by atoms with Crippen molar-refractivity contribution in [1.29, 1.82) is 5.41 Å². The molecule has 0 saturated carbocycles. The van der Waals surface area contributed by atoms with Crippen molar-refractivity contribution < 1.29 is 39.2 Å². The first-order valence-electron chi connectivity index (χ1n) is 13.2. The van der Waals surface area contributed by atoms with Gasteiger partial charge in [-0.3, -0.25) is 19.8 Å². The Labute approximate surface area is 244 Å². The lowest BCUT2D eigenvalue weighted by Crippen LogP contribution is -2.34. The molecule has 2 aromatic rings. The molecule has 232 valence electrons. The summed E-state index contributed by atoms with van der Waals surface area (Å²) in [5.74, 6) is -3.44. The van der Waals surface area contributed by atoms with Crippen LogP contribution in [0.5, 0.6) is 5.75 Å². The van der Waals surface area contributed by atoms with Gasteiger partial charge in [0, 0.05) is 19.4 Å². The Kier molecular flexibility index (Phi) is 19.8. The second-order valence-electron chi connectivity index (χ2n) is 8.95. The summed E-state index contributed by atoms with van der Waals surface area (Å²) in [7, 11) is 0. The fourth-order valence-corrected chi connectivity index (χ4v) is 3.04. The van der Waals surface area contributed by atoms with E-state index in [4.69, 9.17) is 48.4 Å². The molecular formula is C28H42N6O8. The number of aryl methyl sites for hydroxylation is 1. The van der Waals surface area contributed by atoms with E-state index in [-0.39, 0.29) is 31.0 Å². The maximum absolute atomic E-state index is 11.6. The number of carbonyl (C=O) groups is 4. The zero-order valence-electron chi connectivity index (χ0n) is 23.4. The van der Waals surface area contributed by atoms with Gasteiger partial charge in [0.25, 0.3) is 0 Å². The van der Waals surface area contributed by atoms with Gasteiger partial charge in [0.1, 0.15) is 17.8 Å². The van der Waals surface area contributed by atoms with Crippen LogP contribution < -0.4 is 33.0 Å². The predicted octanol–water partition coefficient (Wildman–Crippen LogP) is 0.651. The third kappa shape index (κ3) is 20.4. The van der Waals surface area contributed by atoms with E-state index >= 15 is 0 Å². The van der Waals surface area contributed by atoms with E-state index in [9.17, 15) is 19.2 Å². The van der Waals surface area contributed by atoms with E-state index in [1.54, 1.807) is 24.3 Å². The Morgan fingerprint density at radius 2 is 1.38 bits per heavy atom. The number of benzene rings is 2. The number of nitrogens with two attached hydrogens (primary N) is 4. The van der Waals surface area contributed by atoms with Gasteiger partial charge in [0.2, 0.25) is 0 Å². The molecule has 0 aliphatic carbocycles. The maximum Gasteiger partial charge on any atom is 0.328 e. The van der Waals surface area contributed by atoms with Gasteiger partial charge in [-0.2, -0.15) is 0 Å². The zero-order chi connectivity index (χ0) is 31.9. The number of guanidine groups is 1. The lowest BCUT2D eigenvalue weighted by molar-refractivity contribution is -0.139. The third-order valence-electron chi connectivity index (χ3n) is 5.34. The first-order chi connectivity index (χ1) is 19.8. The quantitative estimate of drug-likeness (QED) is 0.0453. The molecule has 0 fully saturated rings. The van der Waals surface area contributed by atoms with Crippen LogP contribution in [0.3, 0.4) is 0 Å². The molecule has 2 rings (SSSR count). The molecule has 14 nitrogen and oxygen atoms in total. The van der Waals surface area contributed by atoms with Crippen molar-refractivity contribution in [3.05, 3.63) is 65.7 Å². The van der Waals surface area contributed by atoms with Crippen molar-refractivity contribution in [2.45, 2.75) is 57.0 Å². The Morgan fingerprint density at radius 3 is 1.88 bits per heavy atom. The van der Waals surface area contributed by atoms with Crippen molar-refractivity contribution in [3.63, 3.8) is 0 Å². The molecule has 13 N–H and O–H groups in total. The van der Waals surface area contributed by atoms with Crippen LogP contribution in [0.2, 0.25) is 0 Å². The number of esters is 1. The highest BCUT2D eigenvalue weighted by Gasteiger charge is 2.17. The highest BCUT2D eigenvalue weighted by atomic mass is 16.5. The standard InChI is InChI=1S/C14H17NO6.C8H11N.C6H14N4O2/c15-11(6-8-13(18)19)14(20)21-10-4-1-9(2-5-10)3-7-12(16)17;9-7-6-8-4-2-1-3-5-8;7-4(5(11)12)2-1-3-10-6(8)9/h1-2,4-5,11H,3,6-8,15H2,(H,16,17)(H,18,19);1-5H,6-7,9H2;4H,1-3,7H2,(H,11,12)(H4,8,9,10)/t11-;;4-/m0.1/s1. The number of hydrogen-bond acceptors (Lipinski definition) is 9. The predicted molar refractivity (Wildman–Crippen MR) is 157 cm³/mol. The molecule has 2 aromatic carbocycles. The molecule has 42 heavy (non-hydrogen) atoms. The van der Waals surface area contributed by atoms with Crippen LogP contribution in [-0.2, 0) is 32.0 Å². The lowest BCUT2D eigenvalue weighted by atomic mass is 10.1. The molecule has 0 aromatic heterocycles. The maximum atomic E-state index is 11.6. The Hall–Kier alpha value is -4.53. The average Bonchev–Trinajstić information content (AvgIpc) is 2.94. The normalized spacial score (nSPS) is 11.3. The van der Waals surface area contributed by atoms with Crippen LogP contribution in [0, 0.1) is 5.41 Å². The largest absolute Gasteiger partial charge is 0.481 e. The minimum absolute atomic E-state index is 0.00482. The van der Waals surface area contributed by atoms with Gasteiger partial charge in [0.05, 0.1) is 0 Å². The minimum atomic E-state index is -1.03. The number of hydrogen-bond donors (Lipinski definition) is 9. The van der Waals surface area contributed by atoms with Crippen LogP contribution in [0.1, 0.15) is 43.2 Å². The summed E-state index contributed by atoms with van der Waals surface area (Å²) in [6, 6.07) is 14.8. The lowest BCUT2D eigenvalue weighted by Gasteiger charge is -2.10. The molecule has 0 radical (unpaired) electrons. The number of ether oxygens (including phenoxy) is 1. The van der Waals surface area contributed by atoms with Crippen LogP contribution in [0.4, 0.5) is 0 Å². The third-order valence-corrected chi connectivity index (χ3v) is 5.34. The number of carboxylic acid groups (broad SMARTS) is 3. The number of carbonyl (C=O) groups excluding carboxylic acids is 1. The highest BCUT2D eigenvalue weighted by molar-refractivity contribution is 5.79. The average molecular weight is 591 g/mol. The summed E-state index contributed by atoms with van der Waals surface area (Å²) in [6.45, 7) is 1.22. The Balaban J connectivity index is 0.000000672. The zero-order valence-corrected chi connectivity index (χ0v) is 23.4. The van der Waals surface area contributed by atoms with Gasteiger partial charge < -0.3 is 48.3 Å². The molecule has 0 spiro atoms. The Morgan fingerprint density at radius 1 is 0.810 bits per heavy atom. The molecule has 14 heteroatoms. The van der Waals surface area contributed by atoms with Crippen molar-refractivity contribution >= 4 is 29.8 Å². The second kappa shape index (κ2) is 22.2. The van der Waals surface area contributed by atoms with Gasteiger partial charge in [0.15, 0.2) is 5.96 Å². The second-order valence-corrected chi connectivity index (χ2v) is 8.95. The van der Waals surface area contributed by atoms with Gasteiger partial charge in [-0.15, -0.1) is 0 Å². The number of rotatable bonds is 15. The smallest absolute Gasteiger partial charge is 0.328 e. The number of nitrogens with one attached hydrogen (secondary N) is 2. The van der Waals surface area contributed by atoms with E-state index in [1.807, 2.05) is 18.2 Å². The van der Waals surface area contributed by atoms with Crippen molar-refractivity contribution in [1.82, 2.24) is 5.32 Å². The number of carboxylic acids is 3. The summed E-state index contributed by atoms with van der Waals surface area (Å²) in [4.78, 5) is 42.6. The van der Waals surface area contributed by atoms with E-state index in [0.717, 1.165) is 18.5 Å². The topological polar surface area (TPSA) is 278 Å². The van der Waals surface area contributed by atoms with Crippen molar-refractivity contribution in [2.24, 2.45) is 22.9 Å². The van der Waals surface area contributed by atoms with Crippen LogP contribution >= 0.6 is 0 Å². The fraction of sp³-hybridized carbons (Fsp3) is 0.393. The monoisotopic (exact) mass is 590 g/mol. The van der Waals surface area contributed by atoms with Crippen molar-refractivity contribution in [3.8, 4) is 5.75 Å². The summed E-state index contributed by atoms with van der Waals surface area (Å²) in [5, 5.41) is 34.8. The molecule has 0 aliphatic rings. The summed E-state index contributed by atoms with van der Waals surface area (Å²) >= 11 is 0. The molecule has 0 unspecified atom stereocenters. The molecule has 2 atom stereocenters. The number of aliphatic carboxylic acids is 3. The van der Waals surface area contributed by atoms with Gasteiger partial charge >= 0.3 is 23.9 Å². The minimum Gasteiger partial charge on any atom is -0.481 e. The molecule has 0 aliphatic heterocycles. The fourth-order valence-electron chi connectivity index (χ4n) is 3.04. The molecular weight excluding hydrogens is 548 g/mol. The molecule has 0 saturated heterocycles. The summed E-state index contributed by atoms with van der Waals surface area (Å²) in [6.07, 6.45) is 2.18. The van der Waals surface area contributed by atoms with E-state index in [1.165, 1.54) is 5.56 Å². The van der Waals surface area contributed by atoms with E-state index in [0.29, 0.717) is 25.8 Å². The van der Waals surface area contributed by atoms with Crippen molar-refractivity contribution in [2.75, 3.05) is 13.1 Å². The first kappa shape index (κ1) is 37.5. The van der Waals surface area contributed by atoms with Crippen LogP contribution in [0.15, 0.2) is 54.6 Å². The first-order valence-corrected chi connectivity index (χ1v) is 13.2. The SMILES string of the molecule is N=C(N)NCCC[C@@H](N)C(=O)O.NCCc1ccccc1.N[C@@H](CCC(=O)O)C(=O)Oc1ccc(CCC(=O)O)cc1. The van der Waals surface area contributed by atoms with E-state index < -0.39 is 36.0 Å². The summed E-state index contributed by atoms with van der Waals surface area (Å²) in [5.41, 5.74) is 23.2. The highest BCUT2D eigenvalue weighted by Crippen LogP contribution is 2.14. The Bertz CT molecular complexity index is 1100. The van der Waals surface area contributed by atoms with Gasteiger partial charge in [-0.1, -0.05) is 42.5 Å². The molecule has 0 amide bonds. The van der Waals surface area contributed by atoms with Gasteiger partial charge in [-0.05, 0) is 61.9 Å². The van der Waals surface area contributed by atoms with Gasteiger partial charge in [-0.25, -0.2) is 4.79 Å². The molecule has 0 bridgehead atoms. The van der Waals surface area contributed by atoms with E-state index in [2.05, 4.69) is 17.4 Å². The summed E-state index contributed by atoms with van der Waals surface area (Å²) < 4.78 is 5.02.